The number of nitrogens with zero attached hydrogens (tertiary/aromatic N) is 2. The van der Waals surface area contributed by atoms with Crippen molar-refractivity contribution in [1.82, 2.24) is 9.88 Å². The van der Waals surface area contributed by atoms with Crippen molar-refractivity contribution >= 4 is 17.4 Å². The van der Waals surface area contributed by atoms with Crippen molar-refractivity contribution in [3.8, 4) is 11.3 Å². The molecule has 0 fully saturated rings. The second kappa shape index (κ2) is 6.93. The number of aromatic nitrogens is 1. The quantitative estimate of drug-likeness (QED) is 0.776. The summed E-state index contributed by atoms with van der Waals surface area (Å²) in [7, 11) is 1.74. The van der Waals surface area contributed by atoms with Gasteiger partial charge in [0.25, 0.3) is 0 Å². The highest BCUT2D eigenvalue weighted by atomic mass is 32.1. The molecule has 24 heavy (non-hydrogen) atoms. The zero-order valence-electron chi connectivity index (χ0n) is 15.6. The third-order valence-electron chi connectivity index (χ3n) is 3.57. The van der Waals surface area contributed by atoms with Crippen LogP contribution in [0, 0.1) is 20.8 Å². The standard InChI is InChI=1S/C19H26N2O2S/c1-12-8-9-13(2)15(10-12)17-14(3)24-16(20-17)11-21(7)18(22)23-19(4,5)6/h8-10H,11H2,1-7H3. The lowest BCUT2D eigenvalue weighted by molar-refractivity contribution is 0.0285. The first kappa shape index (κ1) is 18.5. The lowest BCUT2D eigenvalue weighted by Crippen LogP contribution is -2.33. The van der Waals surface area contributed by atoms with Gasteiger partial charge in [-0.3, -0.25) is 0 Å². The molecular weight excluding hydrogens is 320 g/mol. The monoisotopic (exact) mass is 346 g/mol. The fourth-order valence-corrected chi connectivity index (χ4v) is 3.37. The number of hydrogen-bond donors (Lipinski definition) is 0. The fourth-order valence-electron chi connectivity index (χ4n) is 2.37. The zero-order valence-corrected chi connectivity index (χ0v) is 16.4. The highest BCUT2D eigenvalue weighted by Crippen LogP contribution is 2.31. The van der Waals surface area contributed by atoms with Crippen LogP contribution in [0.5, 0.6) is 0 Å². The minimum atomic E-state index is -0.492. The normalized spacial score (nSPS) is 11.5. The van der Waals surface area contributed by atoms with Gasteiger partial charge in [0, 0.05) is 17.5 Å². The smallest absolute Gasteiger partial charge is 0.410 e. The number of benzene rings is 1. The van der Waals surface area contributed by atoms with E-state index < -0.39 is 5.60 Å². The van der Waals surface area contributed by atoms with Crippen molar-refractivity contribution < 1.29 is 9.53 Å². The van der Waals surface area contributed by atoms with Gasteiger partial charge in [0.2, 0.25) is 0 Å². The number of ether oxygens (including phenoxy) is 1. The van der Waals surface area contributed by atoms with Crippen molar-refractivity contribution in [2.75, 3.05) is 7.05 Å². The average molecular weight is 346 g/mol. The highest BCUT2D eigenvalue weighted by Gasteiger charge is 2.21. The van der Waals surface area contributed by atoms with Gasteiger partial charge in [-0.15, -0.1) is 11.3 Å². The fraction of sp³-hybridized carbons (Fsp3) is 0.474. The third kappa shape index (κ3) is 4.57. The summed E-state index contributed by atoms with van der Waals surface area (Å²) >= 11 is 1.63. The molecule has 0 radical (unpaired) electrons. The number of thiazole rings is 1. The predicted octanol–water partition coefficient (Wildman–Crippen LogP) is 5.10. The Morgan fingerprint density at radius 2 is 1.92 bits per heavy atom. The summed E-state index contributed by atoms with van der Waals surface area (Å²) in [6, 6.07) is 6.40. The Bertz CT molecular complexity index is 744. The van der Waals surface area contributed by atoms with Crippen LogP contribution in [0.25, 0.3) is 11.3 Å². The number of rotatable bonds is 3. The lowest BCUT2D eigenvalue weighted by atomic mass is 10.0. The summed E-state index contributed by atoms with van der Waals surface area (Å²) in [4.78, 5) is 19.6. The van der Waals surface area contributed by atoms with Crippen molar-refractivity contribution in [2.45, 2.75) is 53.7 Å². The van der Waals surface area contributed by atoms with Crippen molar-refractivity contribution in [2.24, 2.45) is 0 Å². The molecule has 0 atom stereocenters. The molecule has 0 saturated carbocycles. The van der Waals surface area contributed by atoms with E-state index in [1.165, 1.54) is 11.1 Å². The van der Waals surface area contributed by atoms with Crippen molar-refractivity contribution in [3.05, 3.63) is 39.2 Å². The van der Waals surface area contributed by atoms with E-state index >= 15 is 0 Å². The molecule has 0 aliphatic heterocycles. The molecule has 1 amide bonds. The van der Waals surface area contributed by atoms with Crippen LogP contribution >= 0.6 is 11.3 Å². The number of amides is 1. The maximum atomic E-state index is 12.1. The molecule has 1 heterocycles. The number of hydrogen-bond acceptors (Lipinski definition) is 4. The molecule has 4 nitrogen and oxygen atoms in total. The summed E-state index contributed by atoms with van der Waals surface area (Å²) < 4.78 is 5.39. The molecule has 0 aliphatic carbocycles. The van der Waals surface area contributed by atoms with Gasteiger partial charge >= 0.3 is 6.09 Å². The van der Waals surface area contributed by atoms with Crippen LogP contribution in [0.4, 0.5) is 4.79 Å². The van der Waals surface area contributed by atoms with Gasteiger partial charge in [0.1, 0.15) is 10.6 Å². The Morgan fingerprint density at radius 3 is 2.54 bits per heavy atom. The molecule has 1 aromatic heterocycles. The first-order chi connectivity index (χ1) is 11.1. The number of carbonyl (C=O) groups excluding carboxylic acids is 1. The van der Waals surface area contributed by atoms with Gasteiger partial charge in [0.05, 0.1) is 12.2 Å². The first-order valence-corrected chi connectivity index (χ1v) is 8.86. The molecule has 5 heteroatoms. The first-order valence-electron chi connectivity index (χ1n) is 8.05. The molecule has 1 aromatic carbocycles. The molecular formula is C19H26N2O2S. The molecule has 2 rings (SSSR count). The summed E-state index contributed by atoms with van der Waals surface area (Å²) in [6.45, 7) is 12.3. The summed E-state index contributed by atoms with van der Waals surface area (Å²) in [5, 5.41) is 0.914. The molecule has 0 spiro atoms. The summed E-state index contributed by atoms with van der Waals surface area (Å²) in [5.41, 5.74) is 4.11. The van der Waals surface area contributed by atoms with Gasteiger partial charge < -0.3 is 9.64 Å². The lowest BCUT2D eigenvalue weighted by Gasteiger charge is -2.24. The van der Waals surface area contributed by atoms with Gasteiger partial charge in [-0.2, -0.15) is 0 Å². The molecule has 130 valence electrons. The predicted molar refractivity (Wildman–Crippen MR) is 99.5 cm³/mol. The third-order valence-corrected chi connectivity index (χ3v) is 4.52. The Kier molecular flexibility index (Phi) is 5.33. The maximum Gasteiger partial charge on any atom is 0.410 e. The molecule has 0 aliphatic rings. The summed E-state index contributed by atoms with van der Waals surface area (Å²) in [6.07, 6.45) is -0.330. The minimum Gasteiger partial charge on any atom is -0.444 e. The average Bonchev–Trinajstić information content (AvgIpc) is 2.80. The van der Waals surface area contributed by atoms with Gasteiger partial charge in [-0.05, 0) is 53.2 Å². The Morgan fingerprint density at radius 1 is 1.25 bits per heavy atom. The van der Waals surface area contributed by atoms with Crippen LogP contribution in [0.1, 0.15) is 41.8 Å². The number of aryl methyl sites for hydroxylation is 3. The van der Waals surface area contributed by atoms with Gasteiger partial charge in [-0.25, -0.2) is 9.78 Å². The largest absolute Gasteiger partial charge is 0.444 e. The Labute approximate surface area is 148 Å². The number of carbonyl (C=O) groups is 1. The zero-order chi connectivity index (χ0) is 18.1. The van der Waals surface area contributed by atoms with E-state index in [1.807, 2.05) is 20.8 Å². The molecule has 0 bridgehead atoms. The van der Waals surface area contributed by atoms with E-state index in [9.17, 15) is 4.79 Å². The topological polar surface area (TPSA) is 42.4 Å². The van der Waals surface area contributed by atoms with E-state index in [2.05, 4.69) is 39.0 Å². The molecule has 0 unspecified atom stereocenters. The highest BCUT2D eigenvalue weighted by molar-refractivity contribution is 7.12. The van der Waals surface area contributed by atoms with Crippen LogP contribution < -0.4 is 0 Å². The molecule has 2 aromatic rings. The van der Waals surface area contributed by atoms with Crippen molar-refractivity contribution in [1.29, 1.82) is 0 Å². The summed E-state index contributed by atoms with van der Waals surface area (Å²) in [5.74, 6) is 0. The van der Waals surface area contributed by atoms with Crippen LogP contribution in [-0.4, -0.2) is 28.6 Å². The second-order valence-corrected chi connectivity index (χ2v) is 8.45. The molecule has 0 saturated heterocycles. The van der Waals surface area contributed by atoms with Gasteiger partial charge in [-0.1, -0.05) is 17.7 Å². The van der Waals surface area contributed by atoms with E-state index in [-0.39, 0.29) is 6.09 Å². The van der Waals surface area contributed by atoms with Gasteiger partial charge in [0.15, 0.2) is 0 Å². The van der Waals surface area contributed by atoms with E-state index in [0.29, 0.717) is 6.54 Å². The van der Waals surface area contributed by atoms with Crippen LogP contribution in [0.3, 0.4) is 0 Å². The van der Waals surface area contributed by atoms with E-state index in [4.69, 9.17) is 9.72 Å². The maximum absolute atomic E-state index is 12.1. The van der Waals surface area contributed by atoms with Crippen LogP contribution in [0.2, 0.25) is 0 Å². The Balaban J connectivity index is 2.20. The SMILES string of the molecule is Cc1ccc(C)c(-c2nc(CN(C)C(=O)OC(C)(C)C)sc2C)c1. The van der Waals surface area contributed by atoms with E-state index in [1.54, 1.807) is 23.3 Å². The minimum absolute atomic E-state index is 0.330. The molecule has 0 N–H and O–H groups in total. The Hall–Kier alpha value is -1.88. The van der Waals surface area contributed by atoms with Crippen molar-refractivity contribution in [3.63, 3.8) is 0 Å². The van der Waals surface area contributed by atoms with E-state index in [0.717, 1.165) is 21.1 Å². The van der Waals surface area contributed by atoms with Crippen LogP contribution in [-0.2, 0) is 11.3 Å². The second-order valence-electron chi connectivity index (χ2n) is 7.17. The van der Waals surface area contributed by atoms with Crippen LogP contribution in [0.15, 0.2) is 18.2 Å².